The zero-order valence-electron chi connectivity index (χ0n) is 10.3. The van der Waals surface area contributed by atoms with Gasteiger partial charge in [-0.2, -0.15) is 0 Å². The SMILES string of the molecule is CCC(CC)CC(=O)c1nc2ccccc2s1. The van der Waals surface area contributed by atoms with Crippen LogP contribution >= 0.6 is 11.3 Å². The second kappa shape index (κ2) is 5.41. The summed E-state index contributed by atoms with van der Waals surface area (Å²) >= 11 is 1.51. The Bertz CT molecular complexity index is 481. The van der Waals surface area contributed by atoms with Gasteiger partial charge < -0.3 is 0 Å². The van der Waals surface area contributed by atoms with E-state index in [4.69, 9.17) is 0 Å². The molecule has 17 heavy (non-hydrogen) atoms. The third-order valence-corrected chi connectivity index (χ3v) is 4.24. The number of fused-ring (bicyclic) bond motifs is 1. The van der Waals surface area contributed by atoms with E-state index in [1.165, 1.54) is 11.3 Å². The minimum absolute atomic E-state index is 0.194. The summed E-state index contributed by atoms with van der Waals surface area (Å²) in [4.78, 5) is 16.5. The summed E-state index contributed by atoms with van der Waals surface area (Å²) in [5.74, 6) is 0.689. The van der Waals surface area contributed by atoms with Gasteiger partial charge in [-0.25, -0.2) is 4.98 Å². The Labute approximate surface area is 106 Å². The number of para-hydroxylation sites is 1. The van der Waals surface area contributed by atoms with E-state index in [9.17, 15) is 4.79 Å². The monoisotopic (exact) mass is 247 g/mol. The predicted molar refractivity (Wildman–Crippen MR) is 72.6 cm³/mol. The maximum absolute atomic E-state index is 12.1. The predicted octanol–water partition coefficient (Wildman–Crippen LogP) is 4.31. The van der Waals surface area contributed by atoms with Crippen molar-refractivity contribution in [1.82, 2.24) is 4.98 Å². The smallest absolute Gasteiger partial charge is 0.191 e. The van der Waals surface area contributed by atoms with Crippen molar-refractivity contribution in [3.05, 3.63) is 29.3 Å². The lowest BCUT2D eigenvalue weighted by Crippen LogP contribution is -2.07. The largest absolute Gasteiger partial charge is 0.292 e. The highest BCUT2D eigenvalue weighted by Gasteiger charge is 2.15. The van der Waals surface area contributed by atoms with E-state index in [-0.39, 0.29) is 5.78 Å². The first kappa shape index (κ1) is 12.2. The molecule has 0 atom stereocenters. The van der Waals surface area contributed by atoms with Crippen molar-refractivity contribution >= 4 is 27.3 Å². The standard InChI is InChI=1S/C14H17NOS/c1-3-10(4-2)9-12(16)14-15-11-7-5-6-8-13(11)17-14/h5-8,10H,3-4,9H2,1-2H3. The second-order valence-electron chi connectivity index (χ2n) is 4.30. The molecule has 0 aliphatic carbocycles. The van der Waals surface area contributed by atoms with Crippen LogP contribution < -0.4 is 0 Å². The molecule has 0 radical (unpaired) electrons. The van der Waals surface area contributed by atoms with Gasteiger partial charge in [-0.15, -0.1) is 11.3 Å². The Morgan fingerprint density at radius 1 is 1.29 bits per heavy atom. The molecular weight excluding hydrogens is 230 g/mol. The summed E-state index contributed by atoms with van der Waals surface area (Å²) in [7, 11) is 0. The first-order chi connectivity index (χ1) is 8.24. The number of benzene rings is 1. The van der Waals surface area contributed by atoms with Crippen LogP contribution in [0.25, 0.3) is 10.2 Å². The van der Waals surface area contributed by atoms with Crippen LogP contribution in [0.15, 0.2) is 24.3 Å². The van der Waals surface area contributed by atoms with Crippen LogP contribution in [0.3, 0.4) is 0 Å². The Balaban J connectivity index is 2.19. The normalized spacial score (nSPS) is 11.2. The van der Waals surface area contributed by atoms with Crippen LogP contribution in [0.1, 0.15) is 42.9 Å². The van der Waals surface area contributed by atoms with Crippen molar-refractivity contribution in [2.75, 3.05) is 0 Å². The quantitative estimate of drug-likeness (QED) is 0.737. The minimum atomic E-state index is 0.194. The summed E-state index contributed by atoms with van der Waals surface area (Å²) in [6.45, 7) is 4.28. The molecule has 0 spiro atoms. The van der Waals surface area contributed by atoms with Crippen molar-refractivity contribution in [3.8, 4) is 0 Å². The number of thiazole rings is 1. The van der Waals surface area contributed by atoms with E-state index in [1.807, 2.05) is 24.3 Å². The summed E-state index contributed by atoms with van der Waals surface area (Å²) in [6, 6.07) is 7.91. The van der Waals surface area contributed by atoms with Gasteiger partial charge >= 0.3 is 0 Å². The number of aromatic nitrogens is 1. The van der Waals surface area contributed by atoms with Crippen molar-refractivity contribution in [1.29, 1.82) is 0 Å². The number of hydrogen-bond acceptors (Lipinski definition) is 3. The zero-order valence-corrected chi connectivity index (χ0v) is 11.1. The van der Waals surface area contributed by atoms with Gasteiger partial charge in [-0.3, -0.25) is 4.79 Å². The molecule has 0 saturated heterocycles. The Morgan fingerprint density at radius 2 is 2.00 bits per heavy atom. The maximum Gasteiger partial charge on any atom is 0.191 e. The molecule has 0 N–H and O–H groups in total. The average molecular weight is 247 g/mol. The fraction of sp³-hybridized carbons (Fsp3) is 0.429. The number of Topliss-reactive ketones (excluding diaryl/α,β-unsaturated/α-hetero) is 1. The van der Waals surface area contributed by atoms with Crippen LogP contribution in [-0.2, 0) is 0 Å². The number of carbonyl (C=O) groups is 1. The molecule has 1 aromatic carbocycles. The van der Waals surface area contributed by atoms with E-state index >= 15 is 0 Å². The number of rotatable bonds is 5. The van der Waals surface area contributed by atoms with Crippen LogP contribution in [0.2, 0.25) is 0 Å². The lowest BCUT2D eigenvalue weighted by atomic mass is 9.97. The minimum Gasteiger partial charge on any atom is -0.292 e. The Morgan fingerprint density at radius 3 is 2.65 bits per heavy atom. The molecule has 1 aromatic heterocycles. The van der Waals surface area contributed by atoms with E-state index in [2.05, 4.69) is 18.8 Å². The number of hydrogen-bond donors (Lipinski definition) is 0. The van der Waals surface area contributed by atoms with E-state index < -0.39 is 0 Å². The average Bonchev–Trinajstić information content (AvgIpc) is 2.79. The number of nitrogens with zero attached hydrogens (tertiary/aromatic N) is 1. The molecule has 90 valence electrons. The fourth-order valence-electron chi connectivity index (χ4n) is 1.92. The molecule has 0 bridgehead atoms. The third kappa shape index (κ3) is 2.72. The molecule has 1 heterocycles. The molecule has 0 saturated carbocycles. The molecule has 2 rings (SSSR count). The van der Waals surface area contributed by atoms with Gasteiger partial charge in [0.1, 0.15) is 0 Å². The van der Waals surface area contributed by atoms with Gasteiger partial charge in [-0.05, 0) is 18.1 Å². The first-order valence-electron chi connectivity index (χ1n) is 6.13. The van der Waals surface area contributed by atoms with Crippen LogP contribution in [0.4, 0.5) is 0 Å². The van der Waals surface area contributed by atoms with E-state index in [0.29, 0.717) is 17.3 Å². The lowest BCUT2D eigenvalue weighted by molar-refractivity contribution is 0.0958. The molecule has 0 amide bonds. The topological polar surface area (TPSA) is 30.0 Å². The van der Waals surface area contributed by atoms with Crippen molar-refractivity contribution in [2.45, 2.75) is 33.1 Å². The fourth-order valence-corrected chi connectivity index (χ4v) is 2.83. The van der Waals surface area contributed by atoms with Crippen LogP contribution in [0, 0.1) is 5.92 Å². The van der Waals surface area contributed by atoms with E-state index in [0.717, 1.165) is 23.1 Å². The maximum atomic E-state index is 12.1. The highest BCUT2D eigenvalue weighted by Crippen LogP contribution is 2.24. The van der Waals surface area contributed by atoms with Gasteiger partial charge in [0.15, 0.2) is 10.8 Å². The van der Waals surface area contributed by atoms with Gasteiger partial charge in [0.25, 0.3) is 0 Å². The summed E-state index contributed by atoms with van der Waals surface area (Å²) in [5, 5.41) is 0.665. The van der Waals surface area contributed by atoms with E-state index in [1.54, 1.807) is 0 Å². The summed E-state index contributed by atoms with van der Waals surface area (Å²) in [5.41, 5.74) is 0.936. The lowest BCUT2D eigenvalue weighted by Gasteiger charge is -2.08. The molecule has 0 fully saturated rings. The zero-order chi connectivity index (χ0) is 12.3. The molecule has 0 aliphatic rings. The summed E-state index contributed by atoms with van der Waals surface area (Å²) < 4.78 is 1.10. The number of ketones is 1. The van der Waals surface area contributed by atoms with Crippen molar-refractivity contribution in [2.24, 2.45) is 5.92 Å². The Kier molecular flexibility index (Phi) is 3.89. The second-order valence-corrected chi connectivity index (χ2v) is 5.33. The van der Waals surface area contributed by atoms with Crippen LogP contribution in [0.5, 0.6) is 0 Å². The molecular formula is C14H17NOS. The van der Waals surface area contributed by atoms with Crippen LogP contribution in [-0.4, -0.2) is 10.8 Å². The highest BCUT2D eigenvalue weighted by atomic mass is 32.1. The molecule has 3 heteroatoms. The Hall–Kier alpha value is -1.22. The molecule has 0 aliphatic heterocycles. The van der Waals surface area contributed by atoms with Crippen molar-refractivity contribution < 1.29 is 4.79 Å². The number of carbonyl (C=O) groups excluding carboxylic acids is 1. The van der Waals surface area contributed by atoms with Gasteiger partial charge in [0, 0.05) is 6.42 Å². The molecule has 0 unspecified atom stereocenters. The van der Waals surface area contributed by atoms with Gasteiger partial charge in [0.05, 0.1) is 10.2 Å². The third-order valence-electron chi connectivity index (χ3n) is 3.16. The van der Waals surface area contributed by atoms with Crippen molar-refractivity contribution in [3.63, 3.8) is 0 Å². The summed E-state index contributed by atoms with van der Waals surface area (Å²) in [6.07, 6.45) is 2.76. The van der Waals surface area contributed by atoms with Gasteiger partial charge in [-0.1, -0.05) is 38.8 Å². The van der Waals surface area contributed by atoms with Gasteiger partial charge in [0.2, 0.25) is 0 Å². The molecule has 2 nitrogen and oxygen atoms in total. The molecule has 2 aromatic rings. The highest BCUT2D eigenvalue weighted by molar-refractivity contribution is 7.20. The first-order valence-corrected chi connectivity index (χ1v) is 6.95.